The van der Waals surface area contributed by atoms with Crippen molar-refractivity contribution in [3.8, 4) is 5.75 Å². The van der Waals surface area contributed by atoms with Crippen LogP contribution in [-0.4, -0.2) is 17.7 Å². The molecule has 0 aliphatic rings. The summed E-state index contributed by atoms with van der Waals surface area (Å²) in [4.78, 5) is 10.3. The highest BCUT2D eigenvalue weighted by Crippen LogP contribution is 2.27. The molecule has 0 aliphatic heterocycles. The quantitative estimate of drug-likeness (QED) is 0.866. The van der Waals surface area contributed by atoms with Crippen molar-refractivity contribution in [2.75, 3.05) is 0 Å². The maximum Gasteiger partial charge on any atom is 0.387 e. The number of halogens is 4. The lowest BCUT2D eigenvalue weighted by Gasteiger charge is -2.08. The van der Waals surface area contributed by atoms with Crippen molar-refractivity contribution < 1.29 is 27.8 Å². The highest BCUT2D eigenvalue weighted by Gasteiger charge is 2.12. The summed E-state index contributed by atoms with van der Waals surface area (Å²) in [6, 6.07) is 3.85. The van der Waals surface area contributed by atoms with Gasteiger partial charge in [0.1, 0.15) is 5.75 Å². The zero-order chi connectivity index (χ0) is 13.0. The fourth-order valence-electron chi connectivity index (χ4n) is 1.03. The van der Waals surface area contributed by atoms with Gasteiger partial charge in [-0.05, 0) is 24.3 Å². The van der Waals surface area contributed by atoms with Crippen LogP contribution in [0.2, 0.25) is 0 Å². The van der Waals surface area contributed by atoms with Crippen molar-refractivity contribution in [1.29, 1.82) is 0 Å². The number of hydrogen-bond acceptors (Lipinski definition) is 2. The standard InChI is InChI=1S/C10H6BrF3O3/c11-6-1-2-8(17-10(13)14)5(3-6)4-7(12)9(15)16/h1-4,10H,(H,15,16). The average molecular weight is 311 g/mol. The number of ether oxygens (including phenoxy) is 1. The van der Waals surface area contributed by atoms with Crippen LogP contribution in [-0.2, 0) is 4.79 Å². The van der Waals surface area contributed by atoms with E-state index in [4.69, 9.17) is 5.11 Å². The van der Waals surface area contributed by atoms with Crippen molar-refractivity contribution in [2.45, 2.75) is 6.61 Å². The molecule has 92 valence electrons. The molecule has 0 radical (unpaired) electrons. The van der Waals surface area contributed by atoms with E-state index in [1.807, 2.05) is 0 Å². The summed E-state index contributed by atoms with van der Waals surface area (Å²) in [5.41, 5.74) is -0.0976. The number of alkyl halides is 2. The molecule has 3 nitrogen and oxygen atoms in total. The molecule has 0 saturated heterocycles. The molecular formula is C10H6BrF3O3. The predicted octanol–water partition coefficient (Wildman–Crippen LogP) is 3.45. The van der Waals surface area contributed by atoms with E-state index in [-0.39, 0.29) is 11.3 Å². The van der Waals surface area contributed by atoms with Gasteiger partial charge in [0.05, 0.1) is 0 Å². The Bertz CT molecular complexity index is 460. The van der Waals surface area contributed by atoms with E-state index in [0.717, 1.165) is 0 Å². The van der Waals surface area contributed by atoms with Gasteiger partial charge >= 0.3 is 12.6 Å². The number of hydrogen-bond donors (Lipinski definition) is 1. The van der Waals surface area contributed by atoms with Crippen molar-refractivity contribution in [3.63, 3.8) is 0 Å². The molecule has 1 aromatic carbocycles. The molecule has 1 aromatic rings. The van der Waals surface area contributed by atoms with Gasteiger partial charge in [-0.2, -0.15) is 13.2 Å². The molecule has 0 fully saturated rings. The first-order valence-electron chi connectivity index (χ1n) is 4.25. The van der Waals surface area contributed by atoms with E-state index < -0.39 is 18.4 Å². The van der Waals surface area contributed by atoms with Gasteiger partial charge in [-0.25, -0.2) is 4.79 Å². The molecule has 0 amide bonds. The maximum absolute atomic E-state index is 12.9. The van der Waals surface area contributed by atoms with E-state index in [9.17, 15) is 18.0 Å². The Kier molecular flexibility index (Phi) is 4.56. The molecule has 0 aliphatic carbocycles. The van der Waals surface area contributed by atoms with Crippen molar-refractivity contribution in [3.05, 3.63) is 34.1 Å². The molecule has 7 heteroatoms. The number of carboxylic acid groups (broad SMARTS) is 1. The van der Waals surface area contributed by atoms with Crippen LogP contribution in [0.3, 0.4) is 0 Å². The van der Waals surface area contributed by atoms with Gasteiger partial charge < -0.3 is 9.84 Å². The van der Waals surface area contributed by atoms with Crippen LogP contribution in [0.15, 0.2) is 28.5 Å². The number of benzene rings is 1. The molecule has 0 saturated carbocycles. The van der Waals surface area contributed by atoms with Gasteiger partial charge in [0.15, 0.2) is 0 Å². The van der Waals surface area contributed by atoms with Gasteiger partial charge in [0.2, 0.25) is 5.83 Å². The molecule has 0 heterocycles. The monoisotopic (exact) mass is 310 g/mol. The van der Waals surface area contributed by atoms with E-state index in [1.165, 1.54) is 18.2 Å². The van der Waals surface area contributed by atoms with E-state index in [1.54, 1.807) is 0 Å². The van der Waals surface area contributed by atoms with Crippen LogP contribution < -0.4 is 4.74 Å². The summed E-state index contributed by atoms with van der Waals surface area (Å²) in [7, 11) is 0. The molecule has 1 rings (SSSR count). The van der Waals surface area contributed by atoms with Crippen LogP contribution in [0.25, 0.3) is 6.08 Å². The minimum atomic E-state index is -3.07. The molecule has 1 N–H and O–H groups in total. The predicted molar refractivity (Wildman–Crippen MR) is 57.5 cm³/mol. The summed E-state index contributed by atoms with van der Waals surface area (Å²) in [6.45, 7) is -3.07. The normalized spacial score (nSPS) is 11.7. The summed E-state index contributed by atoms with van der Waals surface area (Å²) in [5, 5.41) is 8.34. The number of carboxylic acids is 1. The Labute approximate surface area is 103 Å². The zero-order valence-corrected chi connectivity index (χ0v) is 9.75. The smallest absolute Gasteiger partial charge is 0.387 e. The van der Waals surface area contributed by atoms with Gasteiger partial charge in [-0.15, -0.1) is 0 Å². The van der Waals surface area contributed by atoms with Crippen molar-refractivity contribution >= 4 is 28.0 Å². The second kappa shape index (κ2) is 5.72. The number of rotatable bonds is 4. The Hall–Kier alpha value is -1.50. The third kappa shape index (κ3) is 4.10. The van der Waals surface area contributed by atoms with Crippen LogP contribution in [0, 0.1) is 0 Å². The Morgan fingerprint density at radius 3 is 2.65 bits per heavy atom. The first kappa shape index (κ1) is 13.6. The number of carbonyl (C=O) groups is 1. The molecule has 0 unspecified atom stereocenters. The van der Waals surface area contributed by atoms with E-state index in [2.05, 4.69) is 20.7 Å². The molecule has 17 heavy (non-hydrogen) atoms. The lowest BCUT2D eigenvalue weighted by Crippen LogP contribution is -2.03. The first-order chi connectivity index (χ1) is 7.90. The summed E-state index contributed by atoms with van der Waals surface area (Å²) < 4.78 is 41.5. The van der Waals surface area contributed by atoms with Crippen molar-refractivity contribution in [1.82, 2.24) is 0 Å². The van der Waals surface area contributed by atoms with Gasteiger partial charge in [0, 0.05) is 10.0 Å². The second-order valence-corrected chi connectivity index (χ2v) is 3.77. The largest absolute Gasteiger partial charge is 0.476 e. The van der Waals surface area contributed by atoms with Crippen LogP contribution in [0.4, 0.5) is 13.2 Å². The third-order valence-electron chi connectivity index (χ3n) is 1.67. The summed E-state index contributed by atoms with van der Waals surface area (Å²) in [5.74, 6) is -3.56. The Balaban J connectivity index is 3.15. The Morgan fingerprint density at radius 1 is 1.47 bits per heavy atom. The van der Waals surface area contributed by atoms with Crippen LogP contribution >= 0.6 is 15.9 Å². The molecular weight excluding hydrogens is 305 g/mol. The minimum absolute atomic E-state index is 0.0976. The molecule has 0 spiro atoms. The minimum Gasteiger partial charge on any atom is -0.476 e. The molecule has 0 bridgehead atoms. The molecule has 0 aromatic heterocycles. The van der Waals surface area contributed by atoms with Gasteiger partial charge in [-0.3, -0.25) is 0 Å². The highest BCUT2D eigenvalue weighted by atomic mass is 79.9. The lowest BCUT2D eigenvalue weighted by atomic mass is 10.2. The lowest BCUT2D eigenvalue weighted by molar-refractivity contribution is -0.134. The summed E-state index contributed by atoms with van der Waals surface area (Å²) >= 11 is 3.05. The Morgan fingerprint density at radius 2 is 2.12 bits per heavy atom. The SMILES string of the molecule is O=C(O)C(F)=Cc1cc(Br)ccc1OC(F)F. The fraction of sp³-hybridized carbons (Fsp3) is 0.100. The zero-order valence-electron chi connectivity index (χ0n) is 8.16. The third-order valence-corrected chi connectivity index (χ3v) is 2.17. The van der Waals surface area contributed by atoms with Gasteiger partial charge in [-0.1, -0.05) is 15.9 Å². The fourth-order valence-corrected chi connectivity index (χ4v) is 1.41. The van der Waals surface area contributed by atoms with Crippen LogP contribution in [0.1, 0.15) is 5.56 Å². The van der Waals surface area contributed by atoms with Gasteiger partial charge in [0.25, 0.3) is 0 Å². The average Bonchev–Trinajstić information content (AvgIpc) is 2.21. The summed E-state index contributed by atoms with van der Waals surface area (Å²) in [6.07, 6.45) is 0.602. The van der Waals surface area contributed by atoms with Crippen LogP contribution in [0.5, 0.6) is 5.75 Å². The van der Waals surface area contributed by atoms with E-state index in [0.29, 0.717) is 10.5 Å². The van der Waals surface area contributed by atoms with E-state index >= 15 is 0 Å². The topological polar surface area (TPSA) is 46.5 Å². The number of aliphatic carboxylic acids is 1. The first-order valence-corrected chi connectivity index (χ1v) is 5.04. The maximum atomic E-state index is 12.9. The molecule has 0 atom stereocenters. The second-order valence-electron chi connectivity index (χ2n) is 2.86. The van der Waals surface area contributed by atoms with Crippen molar-refractivity contribution in [2.24, 2.45) is 0 Å². The highest BCUT2D eigenvalue weighted by molar-refractivity contribution is 9.10.